The molecular weight excluding hydrogens is 272 g/mol. The number of aryl methyl sites for hydroxylation is 1. The molecule has 0 unspecified atom stereocenters. The van der Waals surface area contributed by atoms with Crippen LogP contribution >= 0.6 is 0 Å². The molecule has 112 valence electrons. The third-order valence-electron chi connectivity index (χ3n) is 4.41. The summed E-state index contributed by atoms with van der Waals surface area (Å²) in [6, 6.07) is 8.84. The fourth-order valence-electron chi connectivity index (χ4n) is 3.25. The van der Waals surface area contributed by atoms with Gasteiger partial charge in [-0.25, -0.2) is 4.98 Å². The minimum atomic E-state index is 0.552. The van der Waals surface area contributed by atoms with Crippen molar-refractivity contribution >= 4 is 11.5 Å². The van der Waals surface area contributed by atoms with Crippen LogP contribution < -0.4 is 5.32 Å². The van der Waals surface area contributed by atoms with Crippen molar-refractivity contribution < 1.29 is 0 Å². The Morgan fingerprint density at radius 3 is 2.86 bits per heavy atom. The second-order valence-electron chi connectivity index (χ2n) is 6.11. The minimum absolute atomic E-state index is 0.552. The minimum Gasteiger partial charge on any atom is -0.367 e. The SMILES string of the molecule is Cc1ccn2c(NC3CCCC3)c(-c3cccnc3)nc2c1. The van der Waals surface area contributed by atoms with Gasteiger partial charge in [0.05, 0.1) is 0 Å². The summed E-state index contributed by atoms with van der Waals surface area (Å²) in [5.41, 5.74) is 4.26. The van der Waals surface area contributed by atoms with Crippen molar-refractivity contribution in [3.8, 4) is 11.3 Å². The molecule has 0 bridgehead atoms. The Bertz CT molecular complexity index is 785. The van der Waals surface area contributed by atoms with E-state index in [2.05, 4.69) is 46.0 Å². The molecule has 3 aromatic heterocycles. The van der Waals surface area contributed by atoms with Gasteiger partial charge in [0.25, 0.3) is 0 Å². The molecule has 1 saturated carbocycles. The highest BCUT2D eigenvalue weighted by atomic mass is 15.1. The first kappa shape index (κ1) is 13.3. The van der Waals surface area contributed by atoms with Crippen molar-refractivity contribution in [2.75, 3.05) is 5.32 Å². The Kier molecular flexibility index (Phi) is 3.29. The fraction of sp³-hybridized carbons (Fsp3) is 0.333. The quantitative estimate of drug-likeness (QED) is 0.791. The van der Waals surface area contributed by atoms with Gasteiger partial charge in [-0.1, -0.05) is 12.8 Å². The number of hydrogen-bond acceptors (Lipinski definition) is 3. The molecule has 0 amide bonds. The maximum Gasteiger partial charge on any atom is 0.139 e. The summed E-state index contributed by atoms with van der Waals surface area (Å²) in [4.78, 5) is 9.09. The predicted octanol–water partition coefficient (Wildman–Crippen LogP) is 4.06. The maximum absolute atomic E-state index is 4.85. The Morgan fingerprint density at radius 1 is 1.23 bits per heavy atom. The van der Waals surface area contributed by atoms with Crippen LogP contribution in [0.5, 0.6) is 0 Å². The van der Waals surface area contributed by atoms with Gasteiger partial charge in [-0.05, 0) is 49.6 Å². The van der Waals surface area contributed by atoms with Crippen LogP contribution in [0.25, 0.3) is 16.9 Å². The maximum atomic E-state index is 4.85. The van der Waals surface area contributed by atoms with Crippen molar-refractivity contribution in [1.29, 1.82) is 0 Å². The number of pyridine rings is 2. The van der Waals surface area contributed by atoms with Gasteiger partial charge in [0, 0.05) is 30.2 Å². The summed E-state index contributed by atoms with van der Waals surface area (Å²) in [7, 11) is 0. The van der Waals surface area contributed by atoms with Crippen molar-refractivity contribution in [2.45, 2.75) is 38.6 Å². The first-order chi connectivity index (χ1) is 10.8. The van der Waals surface area contributed by atoms with Gasteiger partial charge in [-0.15, -0.1) is 0 Å². The first-order valence-corrected chi connectivity index (χ1v) is 7.97. The van der Waals surface area contributed by atoms with Gasteiger partial charge >= 0.3 is 0 Å². The first-order valence-electron chi connectivity index (χ1n) is 7.97. The van der Waals surface area contributed by atoms with E-state index in [-0.39, 0.29) is 0 Å². The van der Waals surface area contributed by atoms with Gasteiger partial charge in [-0.2, -0.15) is 0 Å². The molecule has 3 heterocycles. The van der Waals surface area contributed by atoms with Crippen LogP contribution in [0.15, 0.2) is 42.9 Å². The lowest BCUT2D eigenvalue weighted by molar-refractivity contribution is 0.749. The normalized spacial score (nSPS) is 15.5. The highest BCUT2D eigenvalue weighted by Crippen LogP contribution is 2.31. The number of imidazole rings is 1. The fourth-order valence-corrected chi connectivity index (χ4v) is 3.25. The van der Waals surface area contributed by atoms with Crippen LogP contribution in [0.3, 0.4) is 0 Å². The van der Waals surface area contributed by atoms with E-state index >= 15 is 0 Å². The predicted molar refractivity (Wildman–Crippen MR) is 89.0 cm³/mol. The van der Waals surface area contributed by atoms with Crippen LogP contribution in [-0.2, 0) is 0 Å². The standard InChI is InChI=1S/C18H20N4/c1-13-8-10-22-16(11-13)21-17(14-5-4-9-19-12-14)18(22)20-15-6-2-3-7-15/h4-5,8-12,15,20H,2-3,6-7H2,1H3. The van der Waals surface area contributed by atoms with E-state index in [1.165, 1.54) is 31.2 Å². The zero-order chi connectivity index (χ0) is 14.9. The smallest absolute Gasteiger partial charge is 0.139 e. The Morgan fingerprint density at radius 2 is 2.09 bits per heavy atom. The number of hydrogen-bond donors (Lipinski definition) is 1. The van der Waals surface area contributed by atoms with E-state index < -0.39 is 0 Å². The number of nitrogens with zero attached hydrogens (tertiary/aromatic N) is 3. The van der Waals surface area contributed by atoms with Crippen molar-refractivity contribution in [3.63, 3.8) is 0 Å². The lowest BCUT2D eigenvalue weighted by Crippen LogP contribution is -2.16. The zero-order valence-electron chi connectivity index (χ0n) is 12.8. The summed E-state index contributed by atoms with van der Waals surface area (Å²) in [5, 5.41) is 3.72. The molecule has 1 fully saturated rings. The molecule has 3 aromatic rings. The summed E-state index contributed by atoms with van der Waals surface area (Å²) in [5.74, 6) is 1.09. The molecule has 0 atom stereocenters. The molecule has 0 spiro atoms. The Balaban J connectivity index is 1.86. The largest absolute Gasteiger partial charge is 0.367 e. The van der Waals surface area contributed by atoms with Crippen molar-refractivity contribution in [1.82, 2.24) is 14.4 Å². The number of nitrogens with one attached hydrogen (secondary N) is 1. The average molecular weight is 292 g/mol. The summed E-state index contributed by atoms with van der Waals surface area (Å²) < 4.78 is 2.16. The molecule has 1 aliphatic rings. The highest BCUT2D eigenvalue weighted by Gasteiger charge is 2.20. The van der Waals surface area contributed by atoms with E-state index in [1.807, 2.05) is 12.3 Å². The Labute approximate surface area is 130 Å². The summed E-state index contributed by atoms with van der Waals surface area (Å²) in [6.45, 7) is 2.10. The van der Waals surface area contributed by atoms with Crippen LogP contribution in [0.4, 0.5) is 5.82 Å². The molecule has 1 N–H and O–H groups in total. The third kappa shape index (κ3) is 2.34. The molecule has 4 rings (SSSR count). The molecular formula is C18H20N4. The van der Waals surface area contributed by atoms with E-state index in [1.54, 1.807) is 6.20 Å². The van der Waals surface area contributed by atoms with Gasteiger partial charge in [-0.3, -0.25) is 9.38 Å². The van der Waals surface area contributed by atoms with E-state index in [9.17, 15) is 0 Å². The molecule has 4 heteroatoms. The summed E-state index contributed by atoms with van der Waals surface area (Å²) >= 11 is 0. The monoisotopic (exact) mass is 292 g/mol. The molecule has 0 aliphatic heterocycles. The van der Waals surface area contributed by atoms with Gasteiger partial charge < -0.3 is 5.32 Å². The second-order valence-corrected chi connectivity index (χ2v) is 6.11. The molecule has 0 aromatic carbocycles. The molecule has 0 radical (unpaired) electrons. The third-order valence-corrected chi connectivity index (χ3v) is 4.41. The number of aromatic nitrogens is 3. The van der Waals surface area contributed by atoms with Crippen molar-refractivity contribution in [3.05, 3.63) is 48.4 Å². The van der Waals surface area contributed by atoms with Crippen LogP contribution in [0.1, 0.15) is 31.2 Å². The zero-order valence-corrected chi connectivity index (χ0v) is 12.8. The van der Waals surface area contributed by atoms with E-state index in [0.29, 0.717) is 6.04 Å². The van der Waals surface area contributed by atoms with E-state index in [4.69, 9.17) is 4.98 Å². The topological polar surface area (TPSA) is 42.2 Å². The average Bonchev–Trinajstić information content (AvgIpc) is 3.17. The molecule has 1 aliphatic carbocycles. The number of anilines is 1. The van der Waals surface area contributed by atoms with Crippen molar-refractivity contribution in [2.24, 2.45) is 0 Å². The Hall–Kier alpha value is -2.36. The molecule has 0 saturated heterocycles. The van der Waals surface area contributed by atoms with Crippen LogP contribution in [0, 0.1) is 6.92 Å². The highest BCUT2D eigenvalue weighted by molar-refractivity contribution is 5.76. The molecule has 4 nitrogen and oxygen atoms in total. The lowest BCUT2D eigenvalue weighted by Gasteiger charge is -2.14. The lowest BCUT2D eigenvalue weighted by atomic mass is 10.2. The van der Waals surface area contributed by atoms with E-state index in [0.717, 1.165) is 22.7 Å². The number of rotatable bonds is 3. The van der Waals surface area contributed by atoms with Crippen LogP contribution in [0.2, 0.25) is 0 Å². The summed E-state index contributed by atoms with van der Waals surface area (Å²) in [6.07, 6.45) is 10.9. The second kappa shape index (κ2) is 5.44. The van der Waals surface area contributed by atoms with Gasteiger partial charge in [0.1, 0.15) is 17.2 Å². The van der Waals surface area contributed by atoms with Crippen LogP contribution in [-0.4, -0.2) is 20.4 Å². The molecule has 22 heavy (non-hydrogen) atoms. The van der Waals surface area contributed by atoms with Gasteiger partial charge in [0.2, 0.25) is 0 Å². The van der Waals surface area contributed by atoms with Gasteiger partial charge in [0.15, 0.2) is 0 Å². The number of fused-ring (bicyclic) bond motifs is 1.